The molecule has 0 N–H and O–H groups in total. The highest BCUT2D eigenvalue weighted by molar-refractivity contribution is 8.25. The predicted molar refractivity (Wildman–Crippen MR) is 49.1 cm³/mol. The molecule has 0 saturated heterocycles. The van der Waals surface area contributed by atoms with Gasteiger partial charge in [0, 0.05) is 6.26 Å². The van der Waals surface area contributed by atoms with Crippen LogP contribution in [-0.4, -0.2) is 11.5 Å². The van der Waals surface area contributed by atoms with Gasteiger partial charge in [-0.3, -0.25) is 0 Å². The van der Waals surface area contributed by atoms with Gasteiger partial charge in [-0.25, -0.2) is 0 Å². The van der Waals surface area contributed by atoms with Crippen molar-refractivity contribution in [3.05, 3.63) is 0 Å². The number of rotatable bonds is 4. The first-order chi connectivity index (χ1) is 5.97. The summed E-state index contributed by atoms with van der Waals surface area (Å²) >= 11 is 0. The zero-order valence-electron chi connectivity index (χ0n) is 7.63. The van der Waals surface area contributed by atoms with Crippen LogP contribution in [0.15, 0.2) is 0 Å². The summed E-state index contributed by atoms with van der Waals surface area (Å²) in [4.78, 5) is 0. The molecule has 0 saturated carbocycles. The molecule has 0 aromatic heterocycles. The third-order valence-electron chi connectivity index (χ3n) is 1.86. The van der Waals surface area contributed by atoms with Crippen LogP contribution in [0.3, 0.4) is 0 Å². The summed E-state index contributed by atoms with van der Waals surface area (Å²) in [7, 11) is -3.72. The molecule has 0 fully saturated rings. The van der Waals surface area contributed by atoms with Crippen LogP contribution in [0, 0.1) is 28.6 Å². The predicted octanol–water partition coefficient (Wildman–Crippen LogP) is 3.02. The van der Waals surface area contributed by atoms with E-state index in [2.05, 4.69) is 0 Å². The van der Waals surface area contributed by atoms with Gasteiger partial charge in [-0.2, -0.15) is 18.3 Å². The van der Waals surface area contributed by atoms with Crippen molar-refractivity contribution >= 4 is 10.8 Å². The molecule has 13 heavy (non-hydrogen) atoms. The molecule has 0 aliphatic rings. The van der Waals surface area contributed by atoms with E-state index in [1.807, 2.05) is 0 Å². The number of hydrogen-bond acceptors (Lipinski definition) is 2. The van der Waals surface area contributed by atoms with Crippen LogP contribution in [0.5, 0.6) is 0 Å². The lowest BCUT2D eigenvalue weighted by atomic mass is 10.0. The molecule has 0 bridgehead atoms. The molecule has 0 aliphatic heterocycles. The van der Waals surface area contributed by atoms with Gasteiger partial charge in [0.05, 0.1) is 40.5 Å². The topological polar surface area (TPSA) is 47.6 Å². The SMILES string of the molecule is CCC(C(C#N)CC#N)S(C)(F)F. The maximum Gasteiger partial charge on any atom is 0.0743 e. The largest absolute Gasteiger partial charge is 0.198 e. The summed E-state index contributed by atoms with van der Waals surface area (Å²) in [5.74, 6) is -0.829. The molecule has 0 amide bonds. The Kier molecular flexibility index (Phi) is 4.72. The molecule has 0 aromatic rings. The third-order valence-corrected chi connectivity index (χ3v) is 3.58. The minimum absolute atomic E-state index is 0.106. The molecule has 0 spiro atoms. The first-order valence-electron chi connectivity index (χ1n) is 3.90. The molecule has 0 heterocycles. The quantitative estimate of drug-likeness (QED) is 0.709. The van der Waals surface area contributed by atoms with Gasteiger partial charge in [-0.05, 0) is 6.42 Å². The van der Waals surface area contributed by atoms with Crippen LogP contribution in [0.25, 0.3) is 0 Å². The first-order valence-corrected chi connectivity index (χ1v) is 5.80. The van der Waals surface area contributed by atoms with Crippen molar-refractivity contribution in [2.75, 3.05) is 6.26 Å². The Morgan fingerprint density at radius 2 is 1.92 bits per heavy atom. The lowest BCUT2D eigenvalue weighted by Gasteiger charge is -2.28. The Bertz CT molecular complexity index is 236. The maximum atomic E-state index is 13.0. The van der Waals surface area contributed by atoms with Crippen molar-refractivity contribution in [2.45, 2.75) is 25.0 Å². The molecule has 0 rings (SSSR count). The van der Waals surface area contributed by atoms with Crippen LogP contribution < -0.4 is 0 Å². The third kappa shape index (κ3) is 3.61. The van der Waals surface area contributed by atoms with Crippen LogP contribution in [-0.2, 0) is 0 Å². The summed E-state index contributed by atoms with van der Waals surface area (Å²) in [6.45, 7) is 1.62. The molecule has 0 aliphatic carbocycles. The van der Waals surface area contributed by atoms with Gasteiger partial charge in [0.1, 0.15) is 0 Å². The Morgan fingerprint density at radius 1 is 1.38 bits per heavy atom. The molecule has 2 unspecified atom stereocenters. The Balaban J connectivity index is 4.58. The number of nitriles is 2. The minimum Gasteiger partial charge on any atom is -0.198 e. The van der Waals surface area contributed by atoms with Crippen molar-refractivity contribution in [2.24, 2.45) is 5.92 Å². The maximum absolute atomic E-state index is 13.0. The van der Waals surface area contributed by atoms with Crippen LogP contribution in [0.2, 0.25) is 0 Å². The van der Waals surface area contributed by atoms with E-state index in [1.165, 1.54) is 0 Å². The average Bonchev–Trinajstić information content (AvgIpc) is 2.01. The summed E-state index contributed by atoms with van der Waals surface area (Å²) in [6, 6.07) is 3.54. The van der Waals surface area contributed by atoms with E-state index in [0.29, 0.717) is 0 Å². The van der Waals surface area contributed by atoms with E-state index in [-0.39, 0.29) is 12.8 Å². The molecule has 0 radical (unpaired) electrons. The second kappa shape index (κ2) is 5.04. The highest BCUT2D eigenvalue weighted by Gasteiger charge is 2.34. The van der Waals surface area contributed by atoms with Crippen molar-refractivity contribution in [1.82, 2.24) is 0 Å². The van der Waals surface area contributed by atoms with Gasteiger partial charge in [-0.1, -0.05) is 6.92 Å². The van der Waals surface area contributed by atoms with E-state index in [9.17, 15) is 7.77 Å². The zero-order chi connectivity index (χ0) is 10.5. The highest BCUT2D eigenvalue weighted by Crippen LogP contribution is 2.56. The second-order valence-electron chi connectivity index (χ2n) is 2.83. The van der Waals surface area contributed by atoms with Crippen LogP contribution in [0.4, 0.5) is 7.77 Å². The van der Waals surface area contributed by atoms with Crippen LogP contribution >= 0.6 is 10.8 Å². The van der Waals surface area contributed by atoms with E-state index in [1.54, 1.807) is 19.1 Å². The average molecular weight is 206 g/mol. The summed E-state index contributed by atoms with van der Waals surface area (Å²) < 4.78 is 25.9. The lowest BCUT2D eigenvalue weighted by Crippen LogP contribution is -2.20. The molecule has 5 heteroatoms. The van der Waals surface area contributed by atoms with Crippen molar-refractivity contribution in [3.63, 3.8) is 0 Å². The number of hydrogen-bond donors (Lipinski definition) is 0. The Labute approximate surface area is 79.1 Å². The molecule has 2 atom stereocenters. The van der Waals surface area contributed by atoms with Gasteiger partial charge < -0.3 is 0 Å². The fraction of sp³-hybridized carbons (Fsp3) is 0.750. The lowest BCUT2D eigenvalue weighted by molar-refractivity contribution is 0.572. The fourth-order valence-corrected chi connectivity index (χ4v) is 2.54. The van der Waals surface area contributed by atoms with Gasteiger partial charge in [0.25, 0.3) is 0 Å². The summed E-state index contributed by atoms with van der Waals surface area (Å²) in [6.07, 6.45) is 1.02. The Morgan fingerprint density at radius 3 is 2.15 bits per heavy atom. The van der Waals surface area contributed by atoms with Gasteiger partial charge in [0.15, 0.2) is 0 Å². The van der Waals surface area contributed by atoms with Crippen molar-refractivity contribution < 1.29 is 7.77 Å². The van der Waals surface area contributed by atoms with Crippen LogP contribution in [0.1, 0.15) is 19.8 Å². The minimum atomic E-state index is -3.72. The zero-order valence-corrected chi connectivity index (χ0v) is 8.44. The smallest absolute Gasteiger partial charge is 0.0743 e. The molecular weight excluding hydrogens is 194 g/mol. The monoisotopic (exact) mass is 206 g/mol. The molecular formula is C8H12F2N2S. The number of halogens is 2. The van der Waals surface area contributed by atoms with Gasteiger partial charge in [-0.15, -0.1) is 0 Å². The Hall–Kier alpha value is -0.810. The van der Waals surface area contributed by atoms with E-state index >= 15 is 0 Å². The van der Waals surface area contributed by atoms with Crippen molar-refractivity contribution in [3.8, 4) is 12.1 Å². The van der Waals surface area contributed by atoms with Crippen molar-refractivity contribution in [1.29, 1.82) is 10.5 Å². The first kappa shape index (κ1) is 12.2. The van der Waals surface area contributed by atoms with Gasteiger partial charge in [0.2, 0.25) is 0 Å². The normalized spacial score (nSPS) is 16.8. The van der Waals surface area contributed by atoms with E-state index in [0.717, 1.165) is 6.26 Å². The molecule has 0 aromatic carbocycles. The van der Waals surface area contributed by atoms with Gasteiger partial charge >= 0.3 is 0 Å². The highest BCUT2D eigenvalue weighted by atomic mass is 32.3. The standard InChI is InChI=1S/C8H12F2N2S/c1-3-8(13(2,9)10)7(6-12)4-5-11/h7-8H,3-4H2,1-2H3. The second-order valence-corrected chi connectivity index (χ2v) is 4.99. The molecule has 74 valence electrons. The summed E-state index contributed by atoms with van der Waals surface area (Å²) in [5, 5.41) is 16.0. The van der Waals surface area contributed by atoms with E-state index < -0.39 is 22.0 Å². The summed E-state index contributed by atoms with van der Waals surface area (Å²) in [5.41, 5.74) is 0. The number of nitrogens with zero attached hydrogens (tertiary/aromatic N) is 2. The fourth-order valence-electron chi connectivity index (χ4n) is 1.22. The van der Waals surface area contributed by atoms with E-state index in [4.69, 9.17) is 10.5 Å². The molecule has 2 nitrogen and oxygen atoms in total.